The van der Waals surface area contributed by atoms with Crippen LogP contribution in [0.4, 0.5) is 4.79 Å². The number of aliphatic carboxylic acids is 1. The van der Waals surface area contributed by atoms with E-state index in [9.17, 15) is 9.59 Å². The number of carbonyl (C=O) groups is 2. The molecule has 2 amide bonds. The van der Waals surface area contributed by atoms with Crippen LogP contribution >= 0.6 is 11.3 Å². The molecule has 0 aromatic carbocycles. The molecule has 1 aliphatic carbocycles. The van der Waals surface area contributed by atoms with E-state index >= 15 is 0 Å². The van der Waals surface area contributed by atoms with Gasteiger partial charge in [0, 0.05) is 11.4 Å². The van der Waals surface area contributed by atoms with Gasteiger partial charge in [-0.05, 0) is 12.8 Å². The Balaban J connectivity index is 1.78. The van der Waals surface area contributed by atoms with Crippen LogP contribution in [0.5, 0.6) is 0 Å². The Bertz CT molecular complexity index is 421. The summed E-state index contributed by atoms with van der Waals surface area (Å²) in [7, 11) is 0. The Morgan fingerprint density at radius 3 is 3.00 bits per heavy atom. The lowest BCUT2D eigenvalue weighted by Crippen LogP contribution is -2.45. The maximum absolute atomic E-state index is 11.6. The molecule has 6 nitrogen and oxygen atoms in total. The van der Waals surface area contributed by atoms with Crippen molar-refractivity contribution in [1.82, 2.24) is 15.6 Å². The van der Waals surface area contributed by atoms with E-state index in [1.165, 1.54) is 11.3 Å². The Hall–Kier alpha value is -1.63. The molecule has 0 radical (unpaired) electrons. The number of aromatic nitrogens is 1. The summed E-state index contributed by atoms with van der Waals surface area (Å²) < 4.78 is 0. The van der Waals surface area contributed by atoms with E-state index in [1.807, 2.05) is 5.38 Å². The van der Waals surface area contributed by atoms with Gasteiger partial charge in [-0.2, -0.15) is 0 Å². The second-order valence-electron chi connectivity index (χ2n) is 4.29. The van der Waals surface area contributed by atoms with Crippen molar-refractivity contribution in [2.75, 3.05) is 0 Å². The number of thiazole rings is 1. The van der Waals surface area contributed by atoms with Gasteiger partial charge in [-0.25, -0.2) is 9.78 Å². The highest BCUT2D eigenvalue weighted by Gasteiger charge is 2.33. The van der Waals surface area contributed by atoms with Gasteiger partial charge in [0.05, 0.1) is 23.7 Å². The Morgan fingerprint density at radius 2 is 2.33 bits per heavy atom. The quantitative estimate of drug-likeness (QED) is 0.765. The highest BCUT2D eigenvalue weighted by molar-refractivity contribution is 7.07. The molecule has 1 heterocycles. The van der Waals surface area contributed by atoms with Crippen LogP contribution < -0.4 is 10.6 Å². The number of hydrogen-bond donors (Lipinski definition) is 3. The molecule has 1 fully saturated rings. The fourth-order valence-electron chi connectivity index (χ4n) is 2.14. The first-order valence-electron chi connectivity index (χ1n) is 5.81. The third-order valence-corrected chi connectivity index (χ3v) is 3.70. The summed E-state index contributed by atoms with van der Waals surface area (Å²) in [5.74, 6) is -1.30. The van der Waals surface area contributed by atoms with Crippen molar-refractivity contribution in [1.29, 1.82) is 0 Å². The van der Waals surface area contributed by atoms with Crippen molar-refractivity contribution >= 4 is 23.3 Å². The second-order valence-corrected chi connectivity index (χ2v) is 5.01. The average Bonchev–Trinajstić information content (AvgIpc) is 2.96. The number of carboxylic acid groups (broad SMARTS) is 1. The molecule has 0 saturated heterocycles. The summed E-state index contributed by atoms with van der Waals surface area (Å²) in [5, 5.41) is 16.2. The van der Waals surface area contributed by atoms with Crippen LogP contribution in [0.2, 0.25) is 0 Å². The molecule has 2 unspecified atom stereocenters. The molecule has 0 spiro atoms. The molecular weight excluding hydrogens is 254 g/mol. The number of carboxylic acids is 1. The minimum absolute atomic E-state index is 0.266. The summed E-state index contributed by atoms with van der Waals surface area (Å²) in [6.07, 6.45) is 2.20. The molecule has 2 rings (SSSR count). The van der Waals surface area contributed by atoms with Gasteiger partial charge >= 0.3 is 12.0 Å². The van der Waals surface area contributed by atoms with E-state index in [1.54, 1.807) is 5.51 Å². The lowest BCUT2D eigenvalue weighted by atomic mass is 10.0. The van der Waals surface area contributed by atoms with Crippen LogP contribution in [0.25, 0.3) is 0 Å². The SMILES string of the molecule is O=C(NCc1cscn1)NC1CCCC1C(=O)O. The van der Waals surface area contributed by atoms with Gasteiger partial charge in [0.1, 0.15) is 0 Å². The topological polar surface area (TPSA) is 91.3 Å². The van der Waals surface area contributed by atoms with Crippen molar-refractivity contribution in [3.05, 3.63) is 16.6 Å². The molecule has 0 bridgehead atoms. The second kappa shape index (κ2) is 5.81. The molecule has 1 aromatic heterocycles. The number of carbonyl (C=O) groups excluding carboxylic acids is 1. The first-order valence-corrected chi connectivity index (χ1v) is 6.75. The summed E-state index contributed by atoms with van der Waals surface area (Å²) in [6, 6.07) is -0.598. The molecule has 2 atom stereocenters. The van der Waals surface area contributed by atoms with Gasteiger partial charge in [-0.3, -0.25) is 4.79 Å². The van der Waals surface area contributed by atoms with E-state index in [2.05, 4.69) is 15.6 Å². The van der Waals surface area contributed by atoms with Crippen LogP contribution in [0, 0.1) is 5.92 Å². The number of urea groups is 1. The third kappa shape index (κ3) is 3.19. The van der Waals surface area contributed by atoms with Crippen molar-refractivity contribution in [3.63, 3.8) is 0 Å². The molecular formula is C11H15N3O3S. The zero-order valence-electron chi connectivity index (χ0n) is 9.76. The van der Waals surface area contributed by atoms with Crippen molar-refractivity contribution < 1.29 is 14.7 Å². The maximum Gasteiger partial charge on any atom is 0.315 e. The number of nitrogens with zero attached hydrogens (tertiary/aromatic N) is 1. The van der Waals surface area contributed by atoms with E-state index in [0.29, 0.717) is 13.0 Å². The predicted molar refractivity (Wildman–Crippen MR) is 66.3 cm³/mol. The first kappa shape index (κ1) is 12.8. The number of rotatable bonds is 4. The lowest BCUT2D eigenvalue weighted by Gasteiger charge is -2.17. The molecule has 1 saturated carbocycles. The fourth-order valence-corrected chi connectivity index (χ4v) is 2.70. The average molecular weight is 269 g/mol. The largest absolute Gasteiger partial charge is 0.481 e. The van der Waals surface area contributed by atoms with Crippen LogP contribution in [0.1, 0.15) is 25.0 Å². The zero-order chi connectivity index (χ0) is 13.0. The molecule has 3 N–H and O–H groups in total. The van der Waals surface area contributed by atoms with Crippen LogP contribution in [-0.2, 0) is 11.3 Å². The van der Waals surface area contributed by atoms with E-state index in [-0.39, 0.29) is 12.1 Å². The molecule has 18 heavy (non-hydrogen) atoms. The monoisotopic (exact) mass is 269 g/mol. The van der Waals surface area contributed by atoms with Gasteiger partial charge in [0.25, 0.3) is 0 Å². The van der Waals surface area contributed by atoms with Crippen molar-refractivity contribution in [2.45, 2.75) is 31.8 Å². The van der Waals surface area contributed by atoms with E-state index in [4.69, 9.17) is 5.11 Å². The third-order valence-electron chi connectivity index (χ3n) is 3.06. The van der Waals surface area contributed by atoms with Crippen molar-refractivity contribution in [2.24, 2.45) is 5.92 Å². The van der Waals surface area contributed by atoms with Crippen molar-refractivity contribution in [3.8, 4) is 0 Å². The van der Waals surface area contributed by atoms with Gasteiger partial charge in [0.2, 0.25) is 0 Å². The zero-order valence-corrected chi connectivity index (χ0v) is 10.6. The Morgan fingerprint density at radius 1 is 1.50 bits per heavy atom. The van der Waals surface area contributed by atoms with Gasteiger partial charge in [0.15, 0.2) is 0 Å². The smallest absolute Gasteiger partial charge is 0.315 e. The molecule has 1 aliphatic rings. The summed E-state index contributed by atoms with van der Waals surface area (Å²) in [4.78, 5) is 26.6. The molecule has 7 heteroatoms. The standard InChI is InChI=1S/C11H15N3O3S/c15-10(16)8-2-1-3-9(8)14-11(17)12-4-7-5-18-6-13-7/h5-6,8-9H,1-4H2,(H,15,16)(H2,12,14,17). The van der Waals surface area contributed by atoms with Crippen LogP contribution in [0.15, 0.2) is 10.9 Å². The minimum Gasteiger partial charge on any atom is -0.481 e. The fraction of sp³-hybridized carbons (Fsp3) is 0.545. The Kier molecular flexibility index (Phi) is 4.14. The lowest BCUT2D eigenvalue weighted by molar-refractivity contribution is -0.142. The summed E-state index contributed by atoms with van der Waals surface area (Å²) >= 11 is 1.47. The summed E-state index contributed by atoms with van der Waals surface area (Å²) in [5.41, 5.74) is 2.50. The number of amides is 2. The highest BCUT2D eigenvalue weighted by atomic mass is 32.1. The normalized spacial score (nSPS) is 22.7. The molecule has 98 valence electrons. The van der Waals surface area contributed by atoms with E-state index < -0.39 is 11.9 Å². The Labute approximate surface area is 108 Å². The molecule has 1 aromatic rings. The van der Waals surface area contributed by atoms with Crippen LogP contribution in [-0.4, -0.2) is 28.1 Å². The van der Waals surface area contributed by atoms with Gasteiger partial charge < -0.3 is 15.7 Å². The molecule has 0 aliphatic heterocycles. The highest BCUT2D eigenvalue weighted by Crippen LogP contribution is 2.25. The van der Waals surface area contributed by atoms with Gasteiger partial charge in [-0.15, -0.1) is 11.3 Å². The summed E-state index contributed by atoms with van der Waals surface area (Å²) in [6.45, 7) is 0.361. The number of nitrogens with one attached hydrogen (secondary N) is 2. The van der Waals surface area contributed by atoms with E-state index in [0.717, 1.165) is 18.5 Å². The van der Waals surface area contributed by atoms with Gasteiger partial charge in [-0.1, -0.05) is 6.42 Å². The minimum atomic E-state index is -0.836. The predicted octanol–water partition coefficient (Wildman–Crippen LogP) is 1.20. The first-order chi connectivity index (χ1) is 8.66. The maximum atomic E-state index is 11.6. The number of hydrogen-bond acceptors (Lipinski definition) is 4. The van der Waals surface area contributed by atoms with Crippen LogP contribution in [0.3, 0.4) is 0 Å².